The minimum Gasteiger partial charge on any atom is -0.377 e. The molecule has 2 heterocycles. The van der Waals surface area contributed by atoms with Crippen LogP contribution in [0.3, 0.4) is 0 Å². The van der Waals surface area contributed by atoms with Crippen LogP contribution < -0.4 is 0 Å². The van der Waals surface area contributed by atoms with Crippen molar-refractivity contribution in [1.82, 2.24) is 25.1 Å². The Bertz CT molecular complexity index is 678. The van der Waals surface area contributed by atoms with Gasteiger partial charge in [-0.3, -0.25) is 4.79 Å². The predicted molar refractivity (Wildman–Crippen MR) is 88.8 cm³/mol. The highest BCUT2D eigenvalue weighted by atomic mass is 16.5. The lowest BCUT2D eigenvalue weighted by atomic mass is 9.97. The summed E-state index contributed by atoms with van der Waals surface area (Å²) in [7, 11) is 0. The van der Waals surface area contributed by atoms with Gasteiger partial charge in [-0.2, -0.15) is 0 Å². The first-order chi connectivity index (χ1) is 11.8. The molecule has 1 amide bonds. The molecule has 1 aromatic carbocycles. The fourth-order valence-electron chi connectivity index (χ4n) is 2.86. The minimum atomic E-state index is 0.0513. The number of amides is 1. The van der Waals surface area contributed by atoms with Crippen LogP contribution in [-0.2, 0) is 4.74 Å². The van der Waals surface area contributed by atoms with Crippen LogP contribution in [-0.4, -0.2) is 57.3 Å². The lowest BCUT2D eigenvalue weighted by Crippen LogP contribution is -2.39. The zero-order valence-corrected chi connectivity index (χ0v) is 13.5. The van der Waals surface area contributed by atoms with Crippen LogP contribution in [0.4, 0.5) is 0 Å². The average Bonchev–Trinajstić information content (AvgIpc) is 3.17. The number of aromatic nitrogens is 4. The molecule has 2 aromatic rings. The third-order valence-corrected chi connectivity index (χ3v) is 4.20. The molecule has 0 saturated carbocycles. The largest absolute Gasteiger partial charge is 0.377 e. The zero-order chi connectivity index (χ0) is 16.8. The normalized spacial score (nSPS) is 15.4. The summed E-state index contributed by atoms with van der Waals surface area (Å²) in [5.74, 6) is 0.567. The van der Waals surface area contributed by atoms with Gasteiger partial charge in [0.1, 0.15) is 6.33 Å². The van der Waals surface area contributed by atoms with E-state index in [0.29, 0.717) is 18.1 Å². The van der Waals surface area contributed by atoms with Gasteiger partial charge in [-0.1, -0.05) is 12.1 Å². The van der Waals surface area contributed by atoms with Gasteiger partial charge in [-0.05, 0) is 47.4 Å². The molecular weight excluding hydrogens is 306 g/mol. The van der Waals surface area contributed by atoms with Gasteiger partial charge in [-0.25, -0.2) is 4.68 Å². The van der Waals surface area contributed by atoms with Gasteiger partial charge < -0.3 is 9.64 Å². The number of tetrazole rings is 1. The maximum absolute atomic E-state index is 12.7. The first-order valence-electron chi connectivity index (χ1n) is 8.09. The third-order valence-electron chi connectivity index (χ3n) is 4.20. The van der Waals surface area contributed by atoms with Crippen molar-refractivity contribution in [1.29, 1.82) is 0 Å². The SMILES string of the molecule is C=CCOCC1CCN(C(=O)c2cccc(-n3cnnn3)c2)CC1. The molecule has 0 radical (unpaired) electrons. The molecule has 1 aliphatic rings. The van der Waals surface area contributed by atoms with Crippen molar-refractivity contribution in [3.63, 3.8) is 0 Å². The Hall–Kier alpha value is -2.54. The van der Waals surface area contributed by atoms with Crippen molar-refractivity contribution >= 4 is 5.91 Å². The van der Waals surface area contributed by atoms with Crippen LogP contribution in [0.15, 0.2) is 43.2 Å². The van der Waals surface area contributed by atoms with E-state index in [1.807, 2.05) is 29.2 Å². The van der Waals surface area contributed by atoms with Crippen molar-refractivity contribution < 1.29 is 9.53 Å². The van der Waals surface area contributed by atoms with E-state index in [1.165, 1.54) is 6.33 Å². The van der Waals surface area contributed by atoms with E-state index in [-0.39, 0.29) is 5.91 Å². The maximum atomic E-state index is 12.7. The van der Waals surface area contributed by atoms with Crippen LogP contribution in [0, 0.1) is 5.92 Å². The summed E-state index contributed by atoms with van der Waals surface area (Å²) in [6.45, 7) is 6.49. The first kappa shape index (κ1) is 16.3. The highest BCUT2D eigenvalue weighted by Crippen LogP contribution is 2.20. The molecule has 3 rings (SSSR count). The molecule has 7 heteroatoms. The highest BCUT2D eigenvalue weighted by Gasteiger charge is 2.23. The molecular formula is C17H21N5O2. The molecule has 0 unspecified atom stereocenters. The van der Waals surface area contributed by atoms with Crippen molar-refractivity contribution in [2.75, 3.05) is 26.3 Å². The molecule has 7 nitrogen and oxygen atoms in total. The van der Waals surface area contributed by atoms with Crippen molar-refractivity contribution in [2.24, 2.45) is 5.92 Å². The number of hydrogen-bond donors (Lipinski definition) is 0. The topological polar surface area (TPSA) is 73.1 Å². The number of nitrogens with zero attached hydrogens (tertiary/aromatic N) is 5. The van der Waals surface area contributed by atoms with Gasteiger partial charge >= 0.3 is 0 Å². The lowest BCUT2D eigenvalue weighted by molar-refractivity contribution is 0.0575. The molecule has 1 aromatic heterocycles. The number of rotatable bonds is 6. The molecule has 1 fully saturated rings. The fourth-order valence-corrected chi connectivity index (χ4v) is 2.86. The van der Waals surface area contributed by atoms with E-state index in [4.69, 9.17) is 4.74 Å². The van der Waals surface area contributed by atoms with E-state index in [0.717, 1.165) is 38.2 Å². The standard InChI is InChI=1S/C17H21N5O2/c1-2-10-24-12-14-6-8-21(9-7-14)17(23)15-4-3-5-16(11-15)22-13-18-19-20-22/h2-5,11,13-14H,1,6-10,12H2. The summed E-state index contributed by atoms with van der Waals surface area (Å²) in [6, 6.07) is 7.36. The van der Waals surface area contributed by atoms with Gasteiger partial charge in [0, 0.05) is 25.3 Å². The van der Waals surface area contributed by atoms with Gasteiger partial charge in [0.2, 0.25) is 0 Å². The molecule has 0 spiro atoms. The van der Waals surface area contributed by atoms with E-state index in [2.05, 4.69) is 22.1 Å². The Balaban J connectivity index is 1.59. The minimum absolute atomic E-state index is 0.0513. The Morgan fingerprint density at radius 3 is 2.92 bits per heavy atom. The van der Waals surface area contributed by atoms with Crippen molar-refractivity contribution in [3.8, 4) is 5.69 Å². The smallest absolute Gasteiger partial charge is 0.253 e. The van der Waals surface area contributed by atoms with Gasteiger partial charge in [0.05, 0.1) is 12.3 Å². The van der Waals surface area contributed by atoms with Gasteiger partial charge in [0.15, 0.2) is 0 Å². The summed E-state index contributed by atoms with van der Waals surface area (Å²) in [5.41, 5.74) is 1.43. The van der Waals surface area contributed by atoms with Crippen LogP contribution in [0.25, 0.3) is 5.69 Å². The molecule has 24 heavy (non-hydrogen) atoms. The second-order valence-corrected chi connectivity index (χ2v) is 5.87. The maximum Gasteiger partial charge on any atom is 0.253 e. The molecule has 1 saturated heterocycles. The number of piperidine rings is 1. The van der Waals surface area contributed by atoms with E-state index >= 15 is 0 Å². The summed E-state index contributed by atoms with van der Waals surface area (Å²) >= 11 is 0. The Kier molecular flexibility index (Phi) is 5.32. The predicted octanol–water partition coefficient (Wildman–Crippen LogP) is 1.72. The van der Waals surface area contributed by atoms with Crippen molar-refractivity contribution in [3.05, 3.63) is 48.8 Å². The number of ether oxygens (including phenoxy) is 1. The van der Waals surface area contributed by atoms with Crippen molar-refractivity contribution in [2.45, 2.75) is 12.8 Å². The van der Waals surface area contributed by atoms with E-state index in [9.17, 15) is 4.79 Å². The van der Waals surface area contributed by atoms with Crippen LogP contribution in [0.1, 0.15) is 23.2 Å². The number of carbonyl (C=O) groups excluding carboxylic acids is 1. The van der Waals surface area contributed by atoms with Crippen LogP contribution >= 0.6 is 0 Å². The van der Waals surface area contributed by atoms with Gasteiger partial charge in [0.25, 0.3) is 5.91 Å². The Morgan fingerprint density at radius 2 is 2.21 bits per heavy atom. The molecule has 126 valence electrons. The highest BCUT2D eigenvalue weighted by molar-refractivity contribution is 5.94. The Labute approximate surface area is 140 Å². The fraction of sp³-hybridized carbons (Fsp3) is 0.412. The monoisotopic (exact) mass is 327 g/mol. The number of benzene rings is 1. The molecule has 0 N–H and O–H groups in total. The number of likely N-dealkylation sites (tertiary alicyclic amines) is 1. The second-order valence-electron chi connectivity index (χ2n) is 5.87. The number of hydrogen-bond acceptors (Lipinski definition) is 5. The van der Waals surface area contributed by atoms with E-state index < -0.39 is 0 Å². The number of carbonyl (C=O) groups is 1. The first-order valence-corrected chi connectivity index (χ1v) is 8.09. The quantitative estimate of drug-likeness (QED) is 0.596. The Morgan fingerprint density at radius 1 is 1.38 bits per heavy atom. The molecule has 0 bridgehead atoms. The summed E-state index contributed by atoms with van der Waals surface area (Å²) in [5, 5.41) is 11.1. The van der Waals surface area contributed by atoms with E-state index in [1.54, 1.807) is 10.8 Å². The summed E-state index contributed by atoms with van der Waals surface area (Å²) in [6.07, 6.45) is 5.21. The summed E-state index contributed by atoms with van der Waals surface area (Å²) < 4.78 is 7.06. The third kappa shape index (κ3) is 3.86. The van der Waals surface area contributed by atoms with Crippen LogP contribution in [0.5, 0.6) is 0 Å². The second kappa shape index (κ2) is 7.83. The van der Waals surface area contributed by atoms with Gasteiger partial charge in [-0.15, -0.1) is 11.7 Å². The lowest BCUT2D eigenvalue weighted by Gasteiger charge is -2.32. The average molecular weight is 327 g/mol. The molecule has 1 aliphatic heterocycles. The molecule has 0 aliphatic carbocycles. The zero-order valence-electron chi connectivity index (χ0n) is 13.5. The molecule has 0 atom stereocenters. The van der Waals surface area contributed by atoms with Crippen LogP contribution in [0.2, 0.25) is 0 Å². The summed E-state index contributed by atoms with van der Waals surface area (Å²) in [4.78, 5) is 14.6.